The van der Waals surface area contributed by atoms with Gasteiger partial charge in [0.25, 0.3) is 0 Å². The zero-order valence-corrected chi connectivity index (χ0v) is 21.7. The van der Waals surface area contributed by atoms with Crippen molar-refractivity contribution in [2.75, 3.05) is 0 Å². The minimum Gasteiger partial charge on any atom is -0.415 e. The smallest absolute Gasteiger partial charge is 0.184 e. The molecule has 0 heterocycles. The molecule has 4 saturated carbocycles. The summed E-state index contributed by atoms with van der Waals surface area (Å²) >= 11 is 0. The predicted molar refractivity (Wildman–Crippen MR) is 124 cm³/mol. The third-order valence-corrected chi connectivity index (χ3v) is 10.9. The van der Waals surface area contributed by atoms with Crippen LogP contribution in [0.4, 0.5) is 0 Å². The lowest BCUT2D eigenvalue weighted by Gasteiger charge is -2.56. The summed E-state index contributed by atoms with van der Waals surface area (Å²) in [6.45, 7) is 16.8. The molecule has 0 spiro atoms. The van der Waals surface area contributed by atoms with Crippen molar-refractivity contribution < 1.29 is 8.85 Å². The van der Waals surface area contributed by atoms with E-state index in [-0.39, 0.29) is 0 Å². The average Bonchev–Trinajstić information content (AvgIpc) is 2.88. The van der Waals surface area contributed by atoms with Gasteiger partial charge in [-0.25, -0.2) is 0 Å². The second-order valence-corrected chi connectivity index (χ2v) is 21.9. The van der Waals surface area contributed by atoms with Crippen molar-refractivity contribution in [2.24, 2.45) is 35.0 Å². The second kappa shape index (κ2) is 7.49. The summed E-state index contributed by atoms with van der Waals surface area (Å²) < 4.78 is 13.3. The summed E-state index contributed by atoms with van der Waals surface area (Å²) in [5.74, 6) is 4.89. The second-order valence-electron chi connectivity index (χ2n) is 12.9. The van der Waals surface area contributed by atoms with Crippen LogP contribution in [0.5, 0.6) is 0 Å². The maximum atomic E-state index is 6.74. The molecule has 0 aromatic carbocycles. The highest BCUT2D eigenvalue weighted by molar-refractivity contribution is 6.70. The lowest BCUT2D eigenvalue weighted by atomic mass is 9.50. The Labute approximate surface area is 176 Å². The maximum Gasteiger partial charge on any atom is 0.184 e. The minimum atomic E-state index is -1.46. The first kappa shape index (κ1) is 21.6. The van der Waals surface area contributed by atoms with E-state index in [0.29, 0.717) is 17.6 Å². The largest absolute Gasteiger partial charge is 0.415 e. The molecule has 2 nitrogen and oxygen atoms in total. The van der Waals surface area contributed by atoms with Gasteiger partial charge in [-0.05, 0) is 132 Å². The third kappa shape index (κ3) is 4.22. The molecule has 4 rings (SSSR count). The molecule has 4 aliphatic carbocycles. The Morgan fingerprint density at radius 1 is 0.679 bits per heavy atom. The summed E-state index contributed by atoms with van der Waals surface area (Å²) in [5, 5.41) is 0. The SMILES string of the molecule is CC12CCC3C(CC[C@@H]4C[C@H](O[Si](C)(C)C)CCC34)C1CC[C@@H]2O[Si](C)(C)C. The van der Waals surface area contributed by atoms with Crippen LogP contribution in [0.15, 0.2) is 0 Å². The monoisotopic (exact) mass is 422 g/mol. The van der Waals surface area contributed by atoms with Crippen molar-refractivity contribution in [3.05, 3.63) is 0 Å². The fraction of sp³-hybridized carbons (Fsp3) is 1.00. The van der Waals surface area contributed by atoms with Crippen molar-refractivity contribution >= 4 is 16.6 Å². The van der Waals surface area contributed by atoms with E-state index in [0.717, 1.165) is 29.6 Å². The van der Waals surface area contributed by atoms with Gasteiger partial charge >= 0.3 is 0 Å². The van der Waals surface area contributed by atoms with Crippen LogP contribution >= 0.6 is 0 Å². The van der Waals surface area contributed by atoms with Crippen LogP contribution in [0.3, 0.4) is 0 Å². The standard InChI is InChI=1S/C24H46O2Si2/c1-24-15-14-20-19-11-9-18(25-27(2,3)4)16-17(19)8-10-21(20)22(24)12-13-23(24)26-28(5,6)7/h17-23H,8-16H2,1-7H3/t17-,18-,19?,20?,21?,22?,23+,24?/m1/s1. The van der Waals surface area contributed by atoms with Crippen molar-refractivity contribution in [1.29, 1.82) is 0 Å². The molecular weight excluding hydrogens is 376 g/mol. The van der Waals surface area contributed by atoms with Crippen LogP contribution in [-0.4, -0.2) is 28.8 Å². The van der Waals surface area contributed by atoms with E-state index >= 15 is 0 Å². The van der Waals surface area contributed by atoms with Gasteiger partial charge in [-0.1, -0.05) is 6.92 Å². The minimum absolute atomic E-state index is 0.465. The zero-order valence-electron chi connectivity index (χ0n) is 19.7. The number of fused-ring (bicyclic) bond motifs is 5. The topological polar surface area (TPSA) is 18.5 Å². The molecule has 162 valence electrons. The van der Waals surface area contributed by atoms with Gasteiger partial charge < -0.3 is 8.85 Å². The van der Waals surface area contributed by atoms with Crippen LogP contribution in [0, 0.1) is 35.0 Å². The van der Waals surface area contributed by atoms with Crippen LogP contribution in [0.25, 0.3) is 0 Å². The van der Waals surface area contributed by atoms with Gasteiger partial charge in [0.1, 0.15) is 0 Å². The average molecular weight is 423 g/mol. The molecule has 0 aromatic rings. The molecule has 0 bridgehead atoms. The van der Waals surface area contributed by atoms with E-state index in [1.807, 2.05) is 0 Å². The first-order valence-electron chi connectivity index (χ1n) is 12.3. The van der Waals surface area contributed by atoms with E-state index in [1.54, 1.807) is 0 Å². The molecule has 4 heteroatoms. The molecule has 0 radical (unpaired) electrons. The highest BCUT2D eigenvalue weighted by Crippen LogP contribution is 2.63. The molecule has 0 N–H and O–H groups in total. The van der Waals surface area contributed by atoms with Gasteiger partial charge in [0.15, 0.2) is 16.6 Å². The van der Waals surface area contributed by atoms with Crippen LogP contribution in [0.1, 0.15) is 64.7 Å². The molecule has 0 aromatic heterocycles. The molecule has 5 unspecified atom stereocenters. The Balaban J connectivity index is 1.43. The van der Waals surface area contributed by atoms with Crippen LogP contribution < -0.4 is 0 Å². The van der Waals surface area contributed by atoms with Gasteiger partial charge in [-0.3, -0.25) is 0 Å². The number of rotatable bonds is 4. The summed E-state index contributed by atoms with van der Waals surface area (Å²) in [6.07, 6.45) is 13.9. The molecule has 28 heavy (non-hydrogen) atoms. The highest BCUT2D eigenvalue weighted by atomic mass is 28.4. The Bertz CT molecular complexity index is 566. The summed E-state index contributed by atoms with van der Waals surface area (Å²) in [4.78, 5) is 0. The first-order chi connectivity index (χ1) is 13.0. The predicted octanol–water partition coefficient (Wildman–Crippen LogP) is 7.08. The molecule has 0 aliphatic heterocycles. The van der Waals surface area contributed by atoms with Gasteiger partial charge in [0.05, 0.1) is 6.10 Å². The Hall–Kier alpha value is 0.354. The normalized spacial score (nSPS) is 46.6. The van der Waals surface area contributed by atoms with Gasteiger partial charge in [-0.15, -0.1) is 0 Å². The third-order valence-electron chi connectivity index (χ3n) is 8.84. The summed E-state index contributed by atoms with van der Waals surface area (Å²) in [7, 11) is -2.86. The number of hydrogen-bond acceptors (Lipinski definition) is 2. The van der Waals surface area contributed by atoms with Gasteiger partial charge in [0.2, 0.25) is 0 Å². The Morgan fingerprint density at radius 2 is 1.36 bits per heavy atom. The van der Waals surface area contributed by atoms with E-state index in [2.05, 4.69) is 46.2 Å². The molecular formula is C24H46O2Si2. The van der Waals surface area contributed by atoms with Crippen molar-refractivity contribution in [2.45, 2.75) is 116 Å². The summed E-state index contributed by atoms with van der Waals surface area (Å²) in [6, 6.07) is 0. The lowest BCUT2D eigenvalue weighted by molar-refractivity contribution is -0.0867. The molecule has 0 saturated heterocycles. The Morgan fingerprint density at radius 3 is 2.04 bits per heavy atom. The van der Waals surface area contributed by atoms with Crippen LogP contribution in [-0.2, 0) is 8.85 Å². The molecule has 8 atom stereocenters. The van der Waals surface area contributed by atoms with E-state index in [1.165, 1.54) is 57.8 Å². The fourth-order valence-corrected chi connectivity index (χ4v) is 10.4. The zero-order chi connectivity index (χ0) is 20.3. The van der Waals surface area contributed by atoms with E-state index in [4.69, 9.17) is 8.85 Å². The highest BCUT2D eigenvalue weighted by Gasteiger charge is 2.57. The summed E-state index contributed by atoms with van der Waals surface area (Å²) in [5.41, 5.74) is 0.465. The molecule has 4 fully saturated rings. The van der Waals surface area contributed by atoms with E-state index < -0.39 is 16.6 Å². The van der Waals surface area contributed by atoms with Gasteiger partial charge in [-0.2, -0.15) is 0 Å². The quantitative estimate of drug-likeness (QED) is 0.451. The molecule has 0 amide bonds. The van der Waals surface area contributed by atoms with Crippen LogP contribution in [0.2, 0.25) is 39.3 Å². The van der Waals surface area contributed by atoms with Crippen molar-refractivity contribution in [1.82, 2.24) is 0 Å². The lowest BCUT2D eigenvalue weighted by Crippen LogP contribution is -2.51. The van der Waals surface area contributed by atoms with Crippen molar-refractivity contribution in [3.63, 3.8) is 0 Å². The maximum absolute atomic E-state index is 6.74. The fourth-order valence-electron chi connectivity index (χ4n) is 7.99. The number of hydrogen-bond donors (Lipinski definition) is 0. The first-order valence-corrected chi connectivity index (χ1v) is 19.1. The van der Waals surface area contributed by atoms with Gasteiger partial charge in [0, 0.05) is 6.10 Å². The van der Waals surface area contributed by atoms with E-state index in [9.17, 15) is 0 Å². The van der Waals surface area contributed by atoms with Crippen molar-refractivity contribution in [3.8, 4) is 0 Å². The molecule has 4 aliphatic rings. The Kier molecular flexibility index (Phi) is 5.77.